The predicted molar refractivity (Wildman–Crippen MR) is 108 cm³/mol. The fourth-order valence-corrected chi connectivity index (χ4v) is 5.32. The van der Waals surface area contributed by atoms with Crippen molar-refractivity contribution in [1.82, 2.24) is 15.2 Å². The minimum atomic E-state index is -0.135. The molecule has 0 bridgehead atoms. The normalized spacial score (nSPS) is 10.8. The molecule has 1 aromatic carbocycles. The summed E-state index contributed by atoms with van der Waals surface area (Å²) in [5.74, 6) is 1.04. The smallest absolute Gasteiger partial charge is 0.236 e. The van der Waals surface area contributed by atoms with Crippen molar-refractivity contribution in [2.45, 2.75) is 15.6 Å². The summed E-state index contributed by atoms with van der Waals surface area (Å²) in [6.07, 6.45) is 0. The summed E-state index contributed by atoms with van der Waals surface area (Å²) in [5.41, 5.74) is 7.80. The van der Waals surface area contributed by atoms with Crippen LogP contribution in [-0.2, 0) is 4.79 Å². The van der Waals surface area contributed by atoms with E-state index in [0.29, 0.717) is 10.1 Å². The number of rotatable bonds is 7. The first kappa shape index (κ1) is 18.2. The number of thiazole rings is 1. The third-order valence-electron chi connectivity index (χ3n) is 2.93. The van der Waals surface area contributed by atoms with Gasteiger partial charge in [-0.3, -0.25) is 10.1 Å². The van der Waals surface area contributed by atoms with Gasteiger partial charge < -0.3 is 5.73 Å². The summed E-state index contributed by atoms with van der Waals surface area (Å²) in [4.78, 5) is 16.6. The van der Waals surface area contributed by atoms with Gasteiger partial charge in [-0.05, 0) is 5.75 Å². The average Bonchev–Trinajstić information content (AvgIpc) is 3.20. The van der Waals surface area contributed by atoms with Crippen LogP contribution < -0.4 is 11.1 Å². The van der Waals surface area contributed by atoms with Gasteiger partial charge in [0.05, 0.1) is 5.75 Å². The Morgan fingerprint density at radius 3 is 2.72 bits per heavy atom. The van der Waals surface area contributed by atoms with Crippen LogP contribution in [0.1, 0.15) is 6.92 Å². The number of carbonyl (C=O) groups is 1. The Labute approximate surface area is 161 Å². The first-order chi connectivity index (χ1) is 12.2. The zero-order valence-electron chi connectivity index (χ0n) is 13.3. The fraction of sp³-hybridized carbons (Fsp3) is 0.200. The number of amides is 1. The maximum Gasteiger partial charge on any atom is 0.236 e. The molecule has 0 radical (unpaired) electrons. The highest BCUT2D eigenvalue weighted by Crippen LogP contribution is 2.35. The molecule has 0 aliphatic heterocycles. The number of aromatic nitrogens is 3. The molecule has 25 heavy (non-hydrogen) atoms. The summed E-state index contributed by atoms with van der Waals surface area (Å²) < 4.78 is 1.62. The van der Waals surface area contributed by atoms with Crippen LogP contribution in [0.25, 0.3) is 11.3 Å². The molecule has 3 aromatic rings. The molecule has 0 aliphatic rings. The molecule has 0 fully saturated rings. The number of carbonyl (C=O) groups excluding carboxylic acids is 1. The van der Waals surface area contributed by atoms with Crippen LogP contribution in [0.4, 0.5) is 10.1 Å². The minimum absolute atomic E-state index is 0.135. The van der Waals surface area contributed by atoms with E-state index < -0.39 is 0 Å². The Kier molecular flexibility index (Phi) is 6.29. The van der Waals surface area contributed by atoms with Crippen LogP contribution in [0, 0.1) is 0 Å². The lowest BCUT2D eigenvalue weighted by Crippen LogP contribution is -2.13. The van der Waals surface area contributed by atoms with Crippen molar-refractivity contribution in [2.75, 3.05) is 22.6 Å². The van der Waals surface area contributed by atoms with Crippen molar-refractivity contribution in [2.24, 2.45) is 0 Å². The standard InChI is InChI=1S/C15H15N5OS4/c1-2-22-15-20-19-13(25-15)17-10(21)8-23-14-18-11(12(16)24-14)9-6-4-3-5-7-9/h3-7H,2,8,16H2,1H3,(H,17,19,21). The summed E-state index contributed by atoms with van der Waals surface area (Å²) in [6.45, 7) is 2.05. The van der Waals surface area contributed by atoms with Gasteiger partial charge in [-0.1, -0.05) is 83.5 Å². The van der Waals surface area contributed by atoms with E-state index in [4.69, 9.17) is 5.73 Å². The summed E-state index contributed by atoms with van der Waals surface area (Å²) in [6, 6.07) is 9.77. The number of hydrogen-bond donors (Lipinski definition) is 2. The lowest BCUT2D eigenvalue weighted by Gasteiger charge is -1.99. The minimum Gasteiger partial charge on any atom is -0.389 e. The molecule has 2 heterocycles. The molecule has 0 atom stereocenters. The number of thioether (sulfide) groups is 2. The van der Waals surface area contributed by atoms with E-state index >= 15 is 0 Å². The van der Waals surface area contributed by atoms with Gasteiger partial charge in [-0.15, -0.1) is 10.2 Å². The van der Waals surface area contributed by atoms with Crippen molar-refractivity contribution in [1.29, 1.82) is 0 Å². The number of benzene rings is 1. The van der Waals surface area contributed by atoms with E-state index in [1.165, 1.54) is 34.4 Å². The number of nitrogens with one attached hydrogen (secondary N) is 1. The molecule has 6 nitrogen and oxygen atoms in total. The number of nitrogens with two attached hydrogens (primary N) is 1. The molecule has 3 N–H and O–H groups in total. The Hall–Kier alpha value is -1.62. The van der Waals surface area contributed by atoms with E-state index in [0.717, 1.165) is 25.7 Å². The van der Waals surface area contributed by atoms with Gasteiger partial charge in [0.1, 0.15) is 10.7 Å². The number of hydrogen-bond acceptors (Lipinski definition) is 9. The lowest BCUT2D eigenvalue weighted by atomic mass is 10.2. The molecule has 130 valence electrons. The average molecular weight is 410 g/mol. The molecule has 0 spiro atoms. The van der Waals surface area contributed by atoms with Crippen LogP contribution >= 0.6 is 46.2 Å². The van der Waals surface area contributed by atoms with Crippen LogP contribution in [-0.4, -0.2) is 32.6 Å². The van der Waals surface area contributed by atoms with Crippen LogP contribution in [0.5, 0.6) is 0 Å². The third-order valence-corrected chi connectivity index (χ3v) is 6.81. The topological polar surface area (TPSA) is 93.8 Å². The van der Waals surface area contributed by atoms with Crippen molar-refractivity contribution < 1.29 is 4.79 Å². The predicted octanol–water partition coefficient (Wildman–Crippen LogP) is 4.09. The first-order valence-electron chi connectivity index (χ1n) is 7.36. The second kappa shape index (κ2) is 8.65. The lowest BCUT2D eigenvalue weighted by molar-refractivity contribution is -0.113. The van der Waals surface area contributed by atoms with E-state index in [-0.39, 0.29) is 11.7 Å². The number of nitrogens with zero attached hydrogens (tertiary/aromatic N) is 3. The van der Waals surface area contributed by atoms with Gasteiger partial charge in [-0.2, -0.15) is 0 Å². The zero-order valence-corrected chi connectivity index (χ0v) is 16.5. The zero-order chi connectivity index (χ0) is 17.6. The van der Waals surface area contributed by atoms with Gasteiger partial charge in [0, 0.05) is 5.56 Å². The Bertz CT molecular complexity index is 849. The Morgan fingerprint density at radius 1 is 1.16 bits per heavy atom. The van der Waals surface area contributed by atoms with Crippen molar-refractivity contribution in [3.05, 3.63) is 30.3 Å². The molecule has 2 aromatic heterocycles. The fourth-order valence-electron chi connectivity index (χ4n) is 1.90. The van der Waals surface area contributed by atoms with Gasteiger partial charge in [0.15, 0.2) is 8.68 Å². The molecule has 0 unspecified atom stereocenters. The van der Waals surface area contributed by atoms with Crippen LogP contribution in [0.15, 0.2) is 39.0 Å². The monoisotopic (exact) mass is 409 g/mol. The van der Waals surface area contributed by atoms with E-state index in [9.17, 15) is 4.79 Å². The summed E-state index contributed by atoms with van der Waals surface area (Å²) in [7, 11) is 0. The number of anilines is 2. The Morgan fingerprint density at radius 2 is 1.96 bits per heavy atom. The summed E-state index contributed by atoms with van der Waals surface area (Å²) in [5, 5.41) is 11.9. The second-order valence-electron chi connectivity index (χ2n) is 4.70. The Balaban J connectivity index is 1.57. The molecule has 0 aliphatic carbocycles. The van der Waals surface area contributed by atoms with E-state index in [2.05, 4.69) is 20.5 Å². The SMILES string of the molecule is CCSc1nnc(NC(=O)CSc2nc(-c3ccccc3)c(N)s2)s1. The van der Waals surface area contributed by atoms with Gasteiger partial charge in [0.2, 0.25) is 11.0 Å². The summed E-state index contributed by atoms with van der Waals surface area (Å²) >= 11 is 5.73. The molecule has 0 saturated heterocycles. The first-order valence-corrected chi connectivity index (χ1v) is 11.0. The molecule has 1 amide bonds. The van der Waals surface area contributed by atoms with Gasteiger partial charge >= 0.3 is 0 Å². The number of nitrogen functional groups attached to an aromatic ring is 1. The van der Waals surface area contributed by atoms with Gasteiger partial charge in [-0.25, -0.2) is 4.98 Å². The second-order valence-corrected chi connectivity index (χ2v) is 9.44. The third kappa shape index (κ3) is 4.94. The van der Waals surface area contributed by atoms with Gasteiger partial charge in [0.25, 0.3) is 0 Å². The molecule has 3 rings (SSSR count). The largest absolute Gasteiger partial charge is 0.389 e. The highest BCUT2D eigenvalue weighted by molar-refractivity contribution is 8.01. The maximum absolute atomic E-state index is 12.1. The van der Waals surface area contributed by atoms with E-state index in [1.807, 2.05) is 37.3 Å². The van der Waals surface area contributed by atoms with Crippen molar-refractivity contribution in [3.8, 4) is 11.3 Å². The van der Waals surface area contributed by atoms with Crippen LogP contribution in [0.2, 0.25) is 0 Å². The van der Waals surface area contributed by atoms with Crippen molar-refractivity contribution in [3.63, 3.8) is 0 Å². The highest BCUT2D eigenvalue weighted by atomic mass is 32.2. The van der Waals surface area contributed by atoms with Crippen molar-refractivity contribution >= 4 is 62.2 Å². The molecular weight excluding hydrogens is 394 g/mol. The maximum atomic E-state index is 12.1. The van der Waals surface area contributed by atoms with E-state index in [1.54, 1.807) is 11.8 Å². The molecule has 10 heteroatoms. The highest BCUT2D eigenvalue weighted by Gasteiger charge is 2.13. The molecular formula is C15H15N5OS4. The van der Waals surface area contributed by atoms with Crippen LogP contribution in [0.3, 0.4) is 0 Å². The quantitative estimate of drug-likeness (QED) is 0.448. The molecule has 0 saturated carbocycles.